The minimum atomic E-state index is -0.176. The van der Waals surface area contributed by atoms with Gasteiger partial charge in [-0.1, -0.05) is 19.1 Å². The Labute approximate surface area is 166 Å². The fourth-order valence-electron chi connectivity index (χ4n) is 4.06. The molecule has 28 heavy (non-hydrogen) atoms. The van der Waals surface area contributed by atoms with E-state index in [9.17, 15) is 9.59 Å². The number of para-hydroxylation sites is 1. The number of carbonyl (C=O) groups excluding carboxylic acids is 2. The number of hydrogen-bond acceptors (Lipinski definition) is 3. The molecule has 0 bridgehead atoms. The summed E-state index contributed by atoms with van der Waals surface area (Å²) in [6, 6.07) is 13.1. The maximum atomic E-state index is 13.0. The van der Waals surface area contributed by atoms with Crippen molar-refractivity contribution >= 4 is 23.2 Å². The number of likely N-dealkylation sites (tertiary alicyclic amines) is 1. The van der Waals surface area contributed by atoms with Crippen LogP contribution in [0.4, 0.5) is 11.4 Å². The minimum Gasteiger partial charge on any atom is -0.374 e. The molecule has 2 heterocycles. The van der Waals surface area contributed by atoms with E-state index in [1.165, 1.54) is 11.3 Å². The monoisotopic (exact) mass is 377 g/mol. The molecule has 0 aliphatic carbocycles. The summed E-state index contributed by atoms with van der Waals surface area (Å²) < 4.78 is 0. The molecule has 1 N–H and O–H groups in total. The van der Waals surface area contributed by atoms with E-state index in [4.69, 9.17) is 0 Å². The quantitative estimate of drug-likeness (QED) is 0.885. The summed E-state index contributed by atoms with van der Waals surface area (Å²) in [5.74, 6) is 0.487. The molecule has 146 valence electrons. The molecule has 1 fully saturated rings. The van der Waals surface area contributed by atoms with Crippen molar-refractivity contribution in [3.05, 3.63) is 59.2 Å². The lowest BCUT2D eigenvalue weighted by Gasteiger charge is -2.30. The van der Waals surface area contributed by atoms with Crippen molar-refractivity contribution in [1.29, 1.82) is 0 Å². The molecule has 0 aromatic heterocycles. The van der Waals surface area contributed by atoms with Crippen LogP contribution in [0.15, 0.2) is 42.5 Å². The first-order valence-corrected chi connectivity index (χ1v) is 10.1. The summed E-state index contributed by atoms with van der Waals surface area (Å²) in [6.45, 7) is 4.76. The summed E-state index contributed by atoms with van der Waals surface area (Å²) in [5.41, 5.74) is 4.15. The summed E-state index contributed by atoms with van der Waals surface area (Å²) in [4.78, 5) is 29.9. The van der Waals surface area contributed by atoms with Gasteiger partial charge in [0.25, 0.3) is 11.8 Å². The smallest absolute Gasteiger partial charge is 0.255 e. The van der Waals surface area contributed by atoms with E-state index < -0.39 is 0 Å². The predicted molar refractivity (Wildman–Crippen MR) is 112 cm³/mol. The Balaban J connectivity index is 1.52. The molecule has 2 aliphatic rings. The molecule has 2 aliphatic heterocycles. The molecule has 5 heteroatoms. The second kappa shape index (κ2) is 7.66. The van der Waals surface area contributed by atoms with Crippen LogP contribution in [0.3, 0.4) is 0 Å². The van der Waals surface area contributed by atoms with Gasteiger partial charge in [-0.05, 0) is 61.1 Å². The highest BCUT2D eigenvalue weighted by Crippen LogP contribution is 2.28. The molecule has 1 saturated heterocycles. The van der Waals surface area contributed by atoms with Gasteiger partial charge in [0.05, 0.1) is 11.3 Å². The zero-order valence-corrected chi connectivity index (χ0v) is 16.6. The second-order valence-corrected chi connectivity index (χ2v) is 7.99. The Morgan fingerprint density at radius 3 is 2.57 bits per heavy atom. The van der Waals surface area contributed by atoms with Gasteiger partial charge in [-0.3, -0.25) is 9.59 Å². The largest absolute Gasteiger partial charge is 0.374 e. The van der Waals surface area contributed by atoms with Crippen LogP contribution in [0.25, 0.3) is 0 Å². The average Bonchev–Trinajstić information content (AvgIpc) is 3.09. The van der Waals surface area contributed by atoms with Gasteiger partial charge in [0, 0.05) is 37.9 Å². The second-order valence-electron chi connectivity index (χ2n) is 7.99. The first-order valence-electron chi connectivity index (χ1n) is 10.1. The van der Waals surface area contributed by atoms with Crippen LogP contribution < -0.4 is 10.2 Å². The maximum absolute atomic E-state index is 13.0. The van der Waals surface area contributed by atoms with Crippen LogP contribution in [-0.2, 0) is 6.42 Å². The first kappa shape index (κ1) is 18.5. The van der Waals surface area contributed by atoms with Crippen LogP contribution in [0.1, 0.15) is 46.0 Å². The Bertz CT molecular complexity index is 900. The highest BCUT2D eigenvalue weighted by molar-refractivity contribution is 6.09. The van der Waals surface area contributed by atoms with Crippen LogP contribution >= 0.6 is 0 Å². The average molecular weight is 377 g/mol. The molecule has 2 amide bonds. The lowest BCUT2D eigenvalue weighted by Crippen LogP contribution is -2.38. The van der Waals surface area contributed by atoms with E-state index in [0.717, 1.165) is 38.9 Å². The third-order valence-corrected chi connectivity index (χ3v) is 5.95. The molecule has 0 saturated carbocycles. The van der Waals surface area contributed by atoms with Gasteiger partial charge in [0.15, 0.2) is 0 Å². The highest BCUT2D eigenvalue weighted by Gasteiger charge is 2.24. The number of amides is 2. The van der Waals surface area contributed by atoms with Crippen molar-refractivity contribution in [1.82, 2.24) is 4.90 Å². The topological polar surface area (TPSA) is 52.7 Å². The van der Waals surface area contributed by atoms with Gasteiger partial charge in [0.1, 0.15) is 0 Å². The minimum absolute atomic E-state index is 0.00150. The van der Waals surface area contributed by atoms with Gasteiger partial charge in [-0.25, -0.2) is 0 Å². The van der Waals surface area contributed by atoms with Crippen LogP contribution in [0, 0.1) is 5.92 Å². The van der Waals surface area contributed by atoms with E-state index in [1.54, 1.807) is 12.1 Å². The maximum Gasteiger partial charge on any atom is 0.255 e. The molecule has 0 unspecified atom stereocenters. The SMILES string of the molecule is CC1CCN(C(=O)c2ccccc2NC(=O)c2ccc3c(c2)CCN3C)CC1. The van der Waals surface area contributed by atoms with Crippen molar-refractivity contribution in [2.24, 2.45) is 5.92 Å². The van der Waals surface area contributed by atoms with Crippen LogP contribution in [-0.4, -0.2) is 43.4 Å². The third kappa shape index (κ3) is 3.61. The number of nitrogens with zero attached hydrogens (tertiary/aromatic N) is 2. The van der Waals surface area contributed by atoms with Gasteiger partial charge in [-0.2, -0.15) is 0 Å². The van der Waals surface area contributed by atoms with E-state index >= 15 is 0 Å². The van der Waals surface area contributed by atoms with Crippen molar-refractivity contribution < 1.29 is 9.59 Å². The molecular weight excluding hydrogens is 350 g/mol. The number of anilines is 2. The van der Waals surface area contributed by atoms with Gasteiger partial charge < -0.3 is 15.1 Å². The predicted octanol–water partition coefficient (Wildman–Crippen LogP) is 3.80. The first-order chi connectivity index (χ1) is 13.5. The highest BCUT2D eigenvalue weighted by atomic mass is 16.2. The number of likely N-dealkylation sites (N-methyl/N-ethyl adjacent to an activating group) is 1. The summed E-state index contributed by atoms with van der Waals surface area (Å²) in [7, 11) is 2.06. The molecule has 2 aromatic carbocycles. The Hall–Kier alpha value is -2.82. The van der Waals surface area contributed by atoms with E-state index in [0.29, 0.717) is 22.7 Å². The zero-order valence-electron chi connectivity index (χ0n) is 16.6. The number of rotatable bonds is 3. The number of carbonyl (C=O) groups is 2. The number of nitrogens with one attached hydrogen (secondary N) is 1. The summed E-state index contributed by atoms with van der Waals surface area (Å²) in [5, 5.41) is 2.96. The van der Waals surface area contributed by atoms with E-state index in [2.05, 4.69) is 24.2 Å². The van der Waals surface area contributed by atoms with E-state index in [-0.39, 0.29) is 11.8 Å². The van der Waals surface area contributed by atoms with Crippen molar-refractivity contribution in [2.45, 2.75) is 26.2 Å². The number of hydrogen-bond donors (Lipinski definition) is 1. The summed E-state index contributed by atoms with van der Waals surface area (Å²) in [6.07, 6.45) is 3.02. The molecule has 0 radical (unpaired) electrons. The van der Waals surface area contributed by atoms with Gasteiger partial charge in [-0.15, -0.1) is 0 Å². The number of benzene rings is 2. The molecule has 0 spiro atoms. The fraction of sp³-hybridized carbons (Fsp3) is 0.391. The van der Waals surface area contributed by atoms with Crippen LogP contribution in [0.5, 0.6) is 0 Å². The molecular formula is C23H27N3O2. The van der Waals surface area contributed by atoms with Crippen LogP contribution in [0.2, 0.25) is 0 Å². The number of fused-ring (bicyclic) bond motifs is 1. The fourth-order valence-corrected chi connectivity index (χ4v) is 4.06. The number of piperidine rings is 1. The molecule has 4 rings (SSSR count). The Morgan fingerprint density at radius 2 is 1.79 bits per heavy atom. The lowest BCUT2D eigenvalue weighted by molar-refractivity contribution is 0.0698. The Morgan fingerprint density at radius 1 is 1.04 bits per heavy atom. The lowest BCUT2D eigenvalue weighted by atomic mass is 9.98. The third-order valence-electron chi connectivity index (χ3n) is 5.95. The van der Waals surface area contributed by atoms with Gasteiger partial charge in [0.2, 0.25) is 0 Å². The normalized spacial score (nSPS) is 16.8. The standard InChI is InChI=1S/C23H27N3O2/c1-16-9-13-26(14-10-16)23(28)19-5-3-4-6-20(19)24-22(27)18-7-8-21-17(15-18)11-12-25(21)2/h3-8,15-16H,9-14H2,1-2H3,(H,24,27). The van der Waals surface area contributed by atoms with Crippen molar-refractivity contribution in [3.8, 4) is 0 Å². The van der Waals surface area contributed by atoms with Gasteiger partial charge >= 0.3 is 0 Å². The van der Waals surface area contributed by atoms with Crippen molar-refractivity contribution in [2.75, 3.05) is 36.9 Å². The molecule has 0 atom stereocenters. The zero-order chi connectivity index (χ0) is 19.7. The van der Waals surface area contributed by atoms with Crippen molar-refractivity contribution in [3.63, 3.8) is 0 Å². The van der Waals surface area contributed by atoms with E-state index in [1.807, 2.05) is 35.2 Å². The summed E-state index contributed by atoms with van der Waals surface area (Å²) >= 11 is 0. The molecule has 5 nitrogen and oxygen atoms in total. The molecule has 2 aromatic rings. The Kier molecular flexibility index (Phi) is 5.07.